The second kappa shape index (κ2) is 14.8. The molecule has 0 fully saturated rings. The third-order valence-electron chi connectivity index (χ3n) is 12.6. The highest BCUT2D eigenvalue weighted by Gasteiger charge is 2.47. The number of benzene rings is 5. The molecule has 7 rings (SSSR count). The van der Waals surface area contributed by atoms with Crippen LogP contribution in [0.1, 0.15) is 146 Å². The van der Waals surface area contributed by atoms with Crippen molar-refractivity contribution in [2.75, 3.05) is 5.73 Å². The van der Waals surface area contributed by atoms with Crippen molar-refractivity contribution in [2.45, 2.75) is 152 Å². The van der Waals surface area contributed by atoms with Gasteiger partial charge in [-0.1, -0.05) is 168 Å². The maximum absolute atomic E-state index is 6.93. The van der Waals surface area contributed by atoms with Crippen LogP contribution >= 0.6 is 19.7 Å². The quantitative estimate of drug-likeness (QED) is 0.101. The van der Waals surface area contributed by atoms with E-state index in [1.54, 1.807) is 5.56 Å². The van der Waals surface area contributed by atoms with E-state index in [1.807, 2.05) is 0 Å². The lowest BCUT2D eigenvalue weighted by Gasteiger charge is -2.35. The van der Waals surface area contributed by atoms with Gasteiger partial charge in [-0.3, -0.25) is 0 Å². The monoisotopic (exact) mass is 779 g/mol. The molecule has 0 heterocycles. The van der Waals surface area contributed by atoms with E-state index in [0.29, 0.717) is 0 Å². The van der Waals surface area contributed by atoms with Crippen LogP contribution in [-0.2, 0) is 46.3 Å². The average Bonchev–Trinajstić information content (AvgIpc) is 3.69. The minimum Gasteiger partial charge on any atom is -0.398 e. The lowest BCUT2D eigenvalue weighted by Crippen LogP contribution is -2.29. The molecule has 0 amide bonds. The molecule has 5 aromatic rings. The number of fused-ring (bicyclic) bond motifs is 4. The summed E-state index contributed by atoms with van der Waals surface area (Å²) in [6.07, 6.45) is 5.52. The van der Waals surface area contributed by atoms with E-state index in [-0.39, 0.29) is 32.1 Å². The second-order valence-electron chi connectivity index (χ2n) is 20.9. The molecule has 0 saturated heterocycles. The van der Waals surface area contributed by atoms with Gasteiger partial charge >= 0.3 is 0 Å². The predicted octanol–water partition coefficient (Wildman–Crippen LogP) is 13.4. The molecule has 0 aromatic heterocycles. The number of nitrogen functional groups attached to an aromatic ring is 1. The van der Waals surface area contributed by atoms with Gasteiger partial charge in [-0.15, -0.1) is 11.8 Å². The van der Waals surface area contributed by atoms with Crippen LogP contribution in [0, 0.1) is 0 Å². The van der Waals surface area contributed by atoms with E-state index in [1.165, 1.54) is 60.0 Å². The zero-order chi connectivity index (χ0) is 40.4. The summed E-state index contributed by atoms with van der Waals surface area (Å²) in [4.78, 5) is 1.63. The van der Waals surface area contributed by atoms with Crippen LogP contribution in [0.15, 0.2) is 108 Å². The molecule has 0 aliphatic heterocycles. The Morgan fingerprint density at radius 2 is 1.00 bits per heavy atom. The van der Waals surface area contributed by atoms with Gasteiger partial charge in [0.05, 0.1) is 0 Å². The Bertz CT molecular complexity index is 2080. The molecular formula is C53H66NPS. The molecule has 1 nitrogen and oxygen atoms in total. The van der Waals surface area contributed by atoms with Gasteiger partial charge in [-0.25, -0.2) is 0 Å². The number of hydrogen-bond acceptors (Lipinski definition) is 2. The van der Waals surface area contributed by atoms with Crippen molar-refractivity contribution < 1.29 is 0 Å². The molecule has 5 aromatic carbocycles. The zero-order valence-corrected chi connectivity index (χ0v) is 38.1. The summed E-state index contributed by atoms with van der Waals surface area (Å²) < 4.78 is 0. The summed E-state index contributed by atoms with van der Waals surface area (Å²) in [5.74, 6) is 0. The van der Waals surface area contributed by atoms with Crippen LogP contribution in [-0.4, -0.2) is 4.99 Å². The molecule has 294 valence electrons. The number of rotatable bonds is 7. The second-order valence-corrected chi connectivity index (χ2v) is 24.9. The number of anilines is 1. The van der Waals surface area contributed by atoms with Crippen LogP contribution in [0.4, 0.5) is 5.69 Å². The number of thioether (sulfide) groups is 1. The van der Waals surface area contributed by atoms with Crippen LogP contribution in [0.5, 0.6) is 0 Å². The van der Waals surface area contributed by atoms with Gasteiger partial charge in [0, 0.05) is 21.0 Å². The maximum Gasteiger partial charge on any atom is 0.0416 e. The van der Waals surface area contributed by atoms with Crippen molar-refractivity contribution in [3.05, 3.63) is 153 Å². The molecule has 2 atom stereocenters. The summed E-state index contributed by atoms with van der Waals surface area (Å²) >= 11 is 2.10. The predicted molar refractivity (Wildman–Crippen MR) is 248 cm³/mol. The first-order valence-corrected chi connectivity index (χ1v) is 23.3. The van der Waals surface area contributed by atoms with Crippen LogP contribution in [0.2, 0.25) is 0 Å². The molecule has 3 heteroatoms. The minimum absolute atomic E-state index is 0.00552. The Balaban J connectivity index is 1.51. The van der Waals surface area contributed by atoms with Crippen molar-refractivity contribution in [3.63, 3.8) is 0 Å². The van der Waals surface area contributed by atoms with Gasteiger partial charge < -0.3 is 5.73 Å². The fraction of sp³-hybridized carbons (Fsp3) is 0.434. The van der Waals surface area contributed by atoms with E-state index in [0.717, 1.165) is 37.8 Å². The van der Waals surface area contributed by atoms with E-state index in [2.05, 4.69) is 198 Å². The third kappa shape index (κ3) is 8.05. The minimum atomic E-state index is -0.866. The largest absolute Gasteiger partial charge is 0.398 e. The van der Waals surface area contributed by atoms with Crippen LogP contribution < -0.4 is 16.3 Å². The highest BCUT2D eigenvalue weighted by atomic mass is 32.2. The molecule has 0 saturated carbocycles. The molecule has 1 spiro atoms. The average molecular weight is 780 g/mol. The Morgan fingerprint density at radius 1 is 0.554 bits per heavy atom. The molecule has 2 aliphatic carbocycles. The van der Waals surface area contributed by atoms with Gasteiger partial charge in [-0.2, -0.15) is 0 Å². The van der Waals surface area contributed by atoms with Gasteiger partial charge in [0.2, 0.25) is 0 Å². The summed E-state index contributed by atoms with van der Waals surface area (Å²) in [5, 5.41) is 2.99. The Hall–Kier alpha value is -3.32. The Kier molecular flexibility index (Phi) is 10.8. The summed E-state index contributed by atoms with van der Waals surface area (Å²) in [6, 6.07) is 40.5. The first-order valence-electron chi connectivity index (χ1n) is 21.0. The van der Waals surface area contributed by atoms with Gasteiger partial charge in [0.1, 0.15) is 0 Å². The SMILES string of the molecule is CC(C)(C)c1cc(P(c2cc(C(C)(C)C)cc(C(C)(C)C)c2)C(Cc2cccc3c2[C@]2(CCc4cccc(N)c42)CC3)Sc2ccccc2)cc(C(C)(C)C)c1. The first-order chi connectivity index (χ1) is 26.1. The highest BCUT2D eigenvalue weighted by Crippen LogP contribution is 2.57. The zero-order valence-electron chi connectivity index (χ0n) is 36.4. The van der Waals surface area contributed by atoms with Crippen molar-refractivity contribution in [2.24, 2.45) is 0 Å². The van der Waals surface area contributed by atoms with Gasteiger partial charge in [0.15, 0.2) is 0 Å². The fourth-order valence-electron chi connectivity index (χ4n) is 9.25. The maximum atomic E-state index is 6.93. The molecule has 1 unspecified atom stereocenters. The third-order valence-corrected chi connectivity index (χ3v) is 16.9. The smallest absolute Gasteiger partial charge is 0.0416 e. The molecule has 0 radical (unpaired) electrons. The Morgan fingerprint density at radius 3 is 1.46 bits per heavy atom. The van der Waals surface area contributed by atoms with E-state index < -0.39 is 7.92 Å². The highest BCUT2D eigenvalue weighted by molar-refractivity contribution is 8.07. The summed E-state index contributed by atoms with van der Waals surface area (Å²) in [5.41, 5.74) is 21.2. The Labute approximate surface area is 345 Å². The van der Waals surface area contributed by atoms with Crippen molar-refractivity contribution in [1.29, 1.82) is 0 Å². The van der Waals surface area contributed by atoms with Crippen LogP contribution in [0.3, 0.4) is 0 Å². The van der Waals surface area contributed by atoms with E-state index in [4.69, 9.17) is 5.73 Å². The standard InChI is InChI=1S/C53H66NPS/c1-49(2,3)38-29-39(50(4,5)6)32-42(31-38)55(43-33-40(51(7,8)9)30-41(34-43)52(10,11)12)46(56-44-21-14-13-15-22-44)28-37-20-16-18-35-24-26-53(47(35)37)27-25-36-19-17-23-45(54)48(36)53/h13-23,29-34,46H,24-28,54H2,1-12H3/t46?,53-/m1/s1. The normalized spacial score (nSPS) is 17.7. The van der Waals surface area contributed by atoms with Crippen molar-refractivity contribution in [3.8, 4) is 0 Å². The fourth-order valence-corrected chi connectivity index (χ4v) is 14.1. The van der Waals surface area contributed by atoms with E-state index >= 15 is 0 Å². The molecule has 56 heavy (non-hydrogen) atoms. The number of nitrogens with two attached hydrogens (primary N) is 1. The van der Waals surface area contributed by atoms with Crippen LogP contribution in [0.25, 0.3) is 0 Å². The molecular weight excluding hydrogens is 714 g/mol. The lowest BCUT2D eigenvalue weighted by atomic mass is 9.74. The lowest BCUT2D eigenvalue weighted by molar-refractivity contribution is 0.505. The number of aryl methyl sites for hydroxylation is 2. The summed E-state index contributed by atoms with van der Waals surface area (Å²) in [7, 11) is -0.866. The first kappa shape index (κ1) is 40.9. The molecule has 0 bridgehead atoms. The topological polar surface area (TPSA) is 26.0 Å². The summed E-state index contributed by atoms with van der Waals surface area (Å²) in [6.45, 7) is 28.6. The molecule has 2 N–H and O–H groups in total. The van der Waals surface area contributed by atoms with Gasteiger partial charge in [-0.05, 0) is 141 Å². The van der Waals surface area contributed by atoms with Crippen molar-refractivity contribution in [1.82, 2.24) is 0 Å². The number of hydrogen-bond donors (Lipinski definition) is 1. The molecule has 2 aliphatic rings. The van der Waals surface area contributed by atoms with E-state index in [9.17, 15) is 0 Å². The van der Waals surface area contributed by atoms with Crippen molar-refractivity contribution >= 4 is 36.0 Å². The van der Waals surface area contributed by atoms with Gasteiger partial charge in [0.25, 0.3) is 0 Å².